The summed E-state index contributed by atoms with van der Waals surface area (Å²) in [6.07, 6.45) is 3.40. The van der Waals surface area contributed by atoms with Crippen molar-refractivity contribution in [1.29, 1.82) is 5.26 Å². The molecule has 1 saturated heterocycles. The SMILES string of the molecule is CCc1cc(Nc2nn([C@@H]3COCC[C@H]3C#N)cc2C(N)=O)cc2c1CB(O)O2. The van der Waals surface area contributed by atoms with E-state index in [1.165, 1.54) is 0 Å². The molecule has 1 aromatic heterocycles. The average Bonchev–Trinajstić information content (AvgIpc) is 3.30. The zero-order chi connectivity index (χ0) is 20.5. The first kappa shape index (κ1) is 19.3. The first-order chi connectivity index (χ1) is 14.0. The summed E-state index contributed by atoms with van der Waals surface area (Å²) in [5.74, 6) is 0.0521. The van der Waals surface area contributed by atoms with Crippen LogP contribution in [0.3, 0.4) is 0 Å². The number of benzene rings is 1. The van der Waals surface area contributed by atoms with Crippen molar-refractivity contribution in [3.8, 4) is 11.8 Å². The van der Waals surface area contributed by atoms with Crippen LogP contribution >= 0.6 is 0 Å². The lowest BCUT2D eigenvalue weighted by molar-refractivity contribution is 0.0342. The van der Waals surface area contributed by atoms with Crippen LogP contribution in [0.2, 0.25) is 0 Å². The molecule has 9 nitrogen and oxygen atoms in total. The highest BCUT2D eigenvalue weighted by molar-refractivity contribution is 6.44. The van der Waals surface area contributed by atoms with E-state index in [4.69, 9.17) is 15.1 Å². The Morgan fingerprint density at radius 3 is 3.10 bits per heavy atom. The van der Waals surface area contributed by atoms with Crippen LogP contribution in [-0.4, -0.2) is 41.0 Å². The van der Waals surface area contributed by atoms with Gasteiger partial charge in [-0.1, -0.05) is 6.92 Å². The molecule has 3 heterocycles. The molecule has 4 rings (SSSR count). The second-order valence-corrected chi connectivity index (χ2v) is 7.27. The number of hydrogen-bond acceptors (Lipinski definition) is 7. The van der Waals surface area contributed by atoms with E-state index in [1.54, 1.807) is 16.9 Å². The van der Waals surface area contributed by atoms with Gasteiger partial charge in [-0.05, 0) is 30.0 Å². The Kier molecular flexibility index (Phi) is 5.17. The number of nitrogens with two attached hydrogens (primary N) is 1. The van der Waals surface area contributed by atoms with Gasteiger partial charge in [0.15, 0.2) is 5.82 Å². The van der Waals surface area contributed by atoms with Crippen molar-refractivity contribution in [1.82, 2.24) is 9.78 Å². The Morgan fingerprint density at radius 2 is 2.38 bits per heavy atom. The van der Waals surface area contributed by atoms with Crippen LogP contribution in [0.25, 0.3) is 0 Å². The summed E-state index contributed by atoms with van der Waals surface area (Å²) in [4.78, 5) is 12.0. The van der Waals surface area contributed by atoms with E-state index in [2.05, 4.69) is 16.5 Å². The maximum Gasteiger partial charge on any atom is 0.527 e. The van der Waals surface area contributed by atoms with Gasteiger partial charge in [0.05, 0.1) is 24.6 Å². The number of carbonyl (C=O) groups excluding carboxylic acids is 1. The molecule has 4 N–H and O–H groups in total. The van der Waals surface area contributed by atoms with Crippen molar-refractivity contribution in [3.05, 3.63) is 35.0 Å². The lowest BCUT2D eigenvalue weighted by atomic mass is 9.83. The zero-order valence-corrected chi connectivity index (χ0v) is 16.1. The standard InChI is InChI=1S/C19H22BN5O4/c1-2-11-5-13(6-17-14(11)7-20(27)29-17)23-19-15(18(22)26)9-25(24-19)16-10-28-4-3-12(16)8-21/h5-6,9,12,16,27H,2-4,7,10H2,1H3,(H2,22,26)(H,23,24)/t12-,16+/m0/s1. The normalized spacial score (nSPS) is 20.7. The Labute approximate surface area is 168 Å². The molecule has 0 saturated carbocycles. The topological polar surface area (TPSA) is 135 Å². The minimum Gasteiger partial charge on any atom is -0.536 e. The van der Waals surface area contributed by atoms with Gasteiger partial charge in [-0.15, -0.1) is 0 Å². The number of rotatable bonds is 5. The molecule has 0 unspecified atom stereocenters. The molecule has 2 aromatic rings. The van der Waals surface area contributed by atoms with Gasteiger partial charge in [-0.2, -0.15) is 10.4 Å². The van der Waals surface area contributed by atoms with Crippen LogP contribution in [0.5, 0.6) is 5.75 Å². The first-order valence-electron chi connectivity index (χ1n) is 9.64. The number of nitrogens with zero attached hydrogens (tertiary/aromatic N) is 3. The number of hydrogen-bond donors (Lipinski definition) is 3. The second-order valence-electron chi connectivity index (χ2n) is 7.27. The summed E-state index contributed by atoms with van der Waals surface area (Å²) >= 11 is 0. The molecule has 1 amide bonds. The van der Waals surface area contributed by atoms with Gasteiger partial charge in [-0.3, -0.25) is 9.48 Å². The molecule has 150 valence electrons. The first-order valence-corrected chi connectivity index (χ1v) is 9.64. The van der Waals surface area contributed by atoms with Crippen molar-refractivity contribution < 1.29 is 19.2 Å². The predicted molar refractivity (Wildman–Crippen MR) is 106 cm³/mol. The van der Waals surface area contributed by atoms with Crippen molar-refractivity contribution >= 4 is 24.5 Å². The third-order valence-corrected chi connectivity index (χ3v) is 5.42. The molecular weight excluding hydrogens is 373 g/mol. The number of anilines is 2. The number of aryl methyl sites for hydroxylation is 1. The molecule has 1 fully saturated rings. The number of amides is 1. The molecule has 1 aromatic carbocycles. The molecule has 2 aliphatic heterocycles. The van der Waals surface area contributed by atoms with Crippen LogP contribution < -0.4 is 15.7 Å². The molecule has 0 bridgehead atoms. The number of aromatic nitrogens is 2. The number of nitrogens with one attached hydrogen (secondary N) is 1. The fourth-order valence-corrected chi connectivity index (χ4v) is 3.90. The van der Waals surface area contributed by atoms with Crippen LogP contribution in [-0.2, 0) is 17.5 Å². The summed E-state index contributed by atoms with van der Waals surface area (Å²) in [6, 6.07) is 5.73. The van der Waals surface area contributed by atoms with Crippen LogP contribution in [0.1, 0.15) is 40.9 Å². The molecule has 10 heteroatoms. The minimum absolute atomic E-state index is 0.228. The molecular formula is C19H22BN5O4. The van der Waals surface area contributed by atoms with Crippen LogP contribution in [0.4, 0.5) is 11.5 Å². The summed E-state index contributed by atoms with van der Waals surface area (Å²) in [6.45, 7) is 2.91. The molecule has 2 aliphatic rings. The molecule has 0 radical (unpaired) electrons. The lowest BCUT2D eigenvalue weighted by Crippen LogP contribution is -2.29. The van der Waals surface area contributed by atoms with Crippen molar-refractivity contribution in [3.63, 3.8) is 0 Å². The van der Waals surface area contributed by atoms with Crippen LogP contribution in [0, 0.1) is 17.2 Å². The van der Waals surface area contributed by atoms with Gasteiger partial charge in [0.1, 0.15) is 11.3 Å². The smallest absolute Gasteiger partial charge is 0.527 e. The van der Waals surface area contributed by atoms with E-state index in [9.17, 15) is 15.1 Å². The van der Waals surface area contributed by atoms with Gasteiger partial charge in [0.25, 0.3) is 5.91 Å². The highest BCUT2D eigenvalue weighted by Gasteiger charge is 2.31. The van der Waals surface area contributed by atoms with Crippen LogP contribution in [0.15, 0.2) is 18.3 Å². The van der Waals surface area contributed by atoms with Crippen molar-refractivity contribution in [2.45, 2.75) is 32.1 Å². The fourth-order valence-electron chi connectivity index (χ4n) is 3.90. The summed E-state index contributed by atoms with van der Waals surface area (Å²) in [5.41, 5.74) is 8.50. The van der Waals surface area contributed by atoms with Gasteiger partial charge in [0.2, 0.25) is 0 Å². The monoisotopic (exact) mass is 395 g/mol. The molecule has 2 atom stereocenters. The predicted octanol–water partition coefficient (Wildman–Crippen LogP) is 1.34. The van der Waals surface area contributed by atoms with Gasteiger partial charge >= 0.3 is 7.12 Å². The van der Waals surface area contributed by atoms with Gasteiger partial charge in [0, 0.05) is 30.9 Å². The van der Waals surface area contributed by atoms with Gasteiger partial charge in [-0.25, -0.2) is 0 Å². The molecule has 0 spiro atoms. The van der Waals surface area contributed by atoms with E-state index in [0.29, 0.717) is 43.2 Å². The minimum atomic E-state index is -0.847. The molecule has 0 aliphatic carbocycles. The number of ether oxygens (including phenoxy) is 1. The fraction of sp³-hybridized carbons (Fsp3) is 0.421. The Hall–Kier alpha value is -3.03. The lowest BCUT2D eigenvalue weighted by Gasteiger charge is -2.26. The third-order valence-electron chi connectivity index (χ3n) is 5.42. The summed E-state index contributed by atoms with van der Waals surface area (Å²) in [7, 11) is -0.847. The number of primary amides is 1. The second kappa shape index (κ2) is 7.77. The Balaban J connectivity index is 1.67. The summed E-state index contributed by atoms with van der Waals surface area (Å²) in [5, 5.41) is 26.9. The maximum atomic E-state index is 12.0. The van der Waals surface area contributed by atoms with Crippen molar-refractivity contribution in [2.24, 2.45) is 11.7 Å². The van der Waals surface area contributed by atoms with Gasteiger partial charge < -0.3 is 25.5 Å². The zero-order valence-electron chi connectivity index (χ0n) is 16.1. The van der Waals surface area contributed by atoms with E-state index < -0.39 is 13.0 Å². The largest absolute Gasteiger partial charge is 0.536 e. The van der Waals surface area contributed by atoms with Crippen molar-refractivity contribution in [2.75, 3.05) is 18.5 Å². The number of carbonyl (C=O) groups is 1. The highest BCUT2D eigenvalue weighted by atomic mass is 16.5. The average molecular weight is 395 g/mol. The number of nitriles is 1. The quantitative estimate of drug-likeness (QED) is 0.650. The van der Waals surface area contributed by atoms with E-state index in [0.717, 1.165) is 17.5 Å². The van der Waals surface area contributed by atoms with E-state index in [-0.39, 0.29) is 17.5 Å². The Morgan fingerprint density at radius 1 is 1.55 bits per heavy atom. The Bertz CT molecular complexity index is 986. The third kappa shape index (κ3) is 3.66. The highest BCUT2D eigenvalue weighted by Crippen LogP contribution is 2.35. The van der Waals surface area contributed by atoms with E-state index in [1.807, 2.05) is 13.0 Å². The number of fused-ring (bicyclic) bond motifs is 1. The van der Waals surface area contributed by atoms with E-state index >= 15 is 0 Å². The summed E-state index contributed by atoms with van der Waals surface area (Å²) < 4.78 is 12.6. The molecule has 29 heavy (non-hydrogen) atoms. The maximum absolute atomic E-state index is 12.0.